The molecule has 0 spiro atoms. The molecule has 0 bridgehead atoms. The highest BCUT2D eigenvalue weighted by Crippen LogP contribution is 2.28. The van der Waals surface area contributed by atoms with Crippen LogP contribution in [0, 0.1) is 13.8 Å². The molecule has 21 heavy (non-hydrogen) atoms. The summed E-state index contributed by atoms with van der Waals surface area (Å²) in [5.74, 6) is 0.876. The fraction of sp³-hybridized carbons (Fsp3) is 0.167. The Kier molecular flexibility index (Phi) is 3.48. The minimum absolute atomic E-state index is 0.524. The number of rotatable bonds is 3. The van der Waals surface area contributed by atoms with Gasteiger partial charge in [0.15, 0.2) is 0 Å². The molecule has 1 heterocycles. The maximum atomic E-state index is 5.98. The lowest BCUT2D eigenvalue weighted by Gasteiger charge is -2.14. The van der Waals surface area contributed by atoms with Gasteiger partial charge in [0.2, 0.25) is 0 Å². The van der Waals surface area contributed by atoms with Crippen molar-refractivity contribution >= 4 is 16.6 Å². The number of benzene rings is 2. The van der Waals surface area contributed by atoms with E-state index in [-0.39, 0.29) is 0 Å². The van der Waals surface area contributed by atoms with Gasteiger partial charge in [-0.3, -0.25) is 4.98 Å². The van der Waals surface area contributed by atoms with Gasteiger partial charge in [0.1, 0.15) is 12.4 Å². The molecule has 0 aliphatic rings. The Labute approximate surface area is 124 Å². The summed E-state index contributed by atoms with van der Waals surface area (Å²) in [6.07, 6.45) is 1.80. The van der Waals surface area contributed by atoms with Crippen LogP contribution in [-0.2, 0) is 6.61 Å². The van der Waals surface area contributed by atoms with Crippen molar-refractivity contribution in [2.75, 3.05) is 5.73 Å². The first-order valence-electron chi connectivity index (χ1n) is 6.97. The van der Waals surface area contributed by atoms with E-state index in [1.54, 1.807) is 6.20 Å². The fourth-order valence-electron chi connectivity index (χ4n) is 2.43. The van der Waals surface area contributed by atoms with Crippen LogP contribution in [0.5, 0.6) is 5.75 Å². The highest BCUT2D eigenvalue weighted by molar-refractivity contribution is 5.78. The summed E-state index contributed by atoms with van der Waals surface area (Å²) >= 11 is 0. The number of nitrogen functional groups attached to an aromatic ring is 1. The van der Waals surface area contributed by atoms with Crippen molar-refractivity contribution in [2.45, 2.75) is 20.5 Å². The largest absolute Gasteiger partial charge is 0.488 e. The first kappa shape index (κ1) is 13.4. The van der Waals surface area contributed by atoms with Gasteiger partial charge in [-0.1, -0.05) is 18.2 Å². The average molecular weight is 278 g/mol. The van der Waals surface area contributed by atoms with Crippen LogP contribution >= 0.6 is 0 Å². The molecule has 2 aromatic carbocycles. The Morgan fingerprint density at radius 1 is 1.10 bits per heavy atom. The van der Waals surface area contributed by atoms with Crippen LogP contribution in [0.1, 0.15) is 16.7 Å². The molecule has 1 aromatic heterocycles. The number of aryl methyl sites for hydroxylation is 1. The van der Waals surface area contributed by atoms with Crippen molar-refractivity contribution in [1.29, 1.82) is 0 Å². The molecule has 0 amide bonds. The first-order valence-corrected chi connectivity index (χ1v) is 6.97. The first-order chi connectivity index (χ1) is 10.1. The number of fused-ring (bicyclic) bond motifs is 1. The Balaban J connectivity index is 1.85. The zero-order valence-corrected chi connectivity index (χ0v) is 12.3. The quantitative estimate of drug-likeness (QED) is 0.736. The Hall–Kier alpha value is -2.55. The van der Waals surface area contributed by atoms with E-state index < -0.39 is 0 Å². The van der Waals surface area contributed by atoms with Gasteiger partial charge in [-0.15, -0.1) is 0 Å². The van der Waals surface area contributed by atoms with Crippen LogP contribution in [0.4, 0.5) is 5.69 Å². The Morgan fingerprint density at radius 3 is 2.81 bits per heavy atom. The summed E-state index contributed by atoms with van der Waals surface area (Å²) in [6, 6.07) is 14.1. The van der Waals surface area contributed by atoms with Crippen LogP contribution in [-0.4, -0.2) is 4.98 Å². The predicted octanol–water partition coefficient (Wildman–Crippen LogP) is 4.01. The molecule has 106 valence electrons. The molecule has 2 N–H and O–H groups in total. The summed E-state index contributed by atoms with van der Waals surface area (Å²) in [5.41, 5.74) is 10.9. The number of anilines is 1. The molecule has 0 aliphatic heterocycles. The number of hydrogen-bond acceptors (Lipinski definition) is 3. The highest BCUT2D eigenvalue weighted by atomic mass is 16.5. The molecule has 3 nitrogen and oxygen atoms in total. The van der Waals surface area contributed by atoms with Crippen molar-refractivity contribution in [1.82, 2.24) is 4.98 Å². The lowest BCUT2D eigenvalue weighted by Crippen LogP contribution is -2.01. The topological polar surface area (TPSA) is 48.1 Å². The summed E-state index contributed by atoms with van der Waals surface area (Å²) in [7, 11) is 0. The maximum absolute atomic E-state index is 5.98. The van der Waals surface area contributed by atoms with Gasteiger partial charge in [-0.2, -0.15) is 0 Å². The van der Waals surface area contributed by atoms with E-state index in [4.69, 9.17) is 10.5 Å². The highest BCUT2D eigenvalue weighted by Gasteiger charge is 2.07. The normalized spacial score (nSPS) is 10.8. The second kappa shape index (κ2) is 5.44. The van der Waals surface area contributed by atoms with Crippen LogP contribution in [0.2, 0.25) is 0 Å². The SMILES string of the molecule is Cc1ccc(N)c(C)c1OCc1ccc2ncccc2c1. The third-order valence-electron chi connectivity index (χ3n) is 3.70. The molecular weight excluding hydrogens is 260 g/mol. The molecule has 0 saturated heterocycles. The van der Waals surface area contributed by atoms with Gasteiger partial charge in [0.05, 0.1) is 5.52 Å². The Morgan fingerprint density at radius 2 is 1.95 bits per heavy atom. The zero-order valence-electron chi connectivity index (χ0n) is 12.3. The second-order valence-corrected chi connectivity index (χ2v) is 5.24. The lowest BCUT2D eigenvalue weighted by molar-refractivity contribution is 0.302. The summed E-state index contributed by atoms with van der Waals surface area (Å²) < 4.78 is 5.98. The number of aromatic nitrogens is 1. The van der Waals surface area contributed by atoms with E-state index in [2.05, 4.69) is 17.1 Å². The molecule has 0 radical (unpaired) electrons. The smallest absolute Gasteiger partial charge is 0.127 e. The number of nitrogens with two attached hydrogens (primary N) is 1. The molecule has 0 fully saturated rings. The maximum Gasteiger partial charge on any atom is 0.127 e. The standard InChI is InChI=1S/C18H18N2O/c1-12-5-7-16(19)13(2)18(12)21-11-14-6-8-17-15(10-14)4-3-9-20-17/h3-10H,11,19H2,1-2H3. The predicted molar refractivity (Wildman–Crippen MR) is 86.4 cm³/mol. The molecule has 0 saturated carbocycles. The molecule has 0 unspecified atom stereocenters. The number of hydrogen-bond donors (Lipinski definition) is 1. The molecule has 3 heteroatoms. The van der Waals surface area contributed by atoms with Gasteiger partial charge in [0, 0.05) is 22.8 Å². The van der Waals surface area contributed by atoms with Crippen molar-refractivity contribution in [2.24, 2.45) is 0 Å². The average Bonchev–Trinajstić information content (AvgIpc) is 2.51. The van der Waals surface area contributed by atoms with Gasteiger partial charge < -0.3 is 10.5 Å². The fourth-order valence-corrected chi connectivity index (χ4v) is 2.43. The van der Waals surface area contributed by atoms with E-state index in [1.807, 2.05) is 44.2 Å². The molecule has 0 aliphatic carbocycles. The number of nitrogens with zero attached hydrogens (tertiary/aromatic N) is 1. The Bertz CT molecular complexity index is 796. The molecule has 3 rings (SSSR count). The molecular formula is C18H18N2O. The van der Waals surface area contributed by atoms with Crippen molar-refractivity contribution < 1.29 is 4.74 Å². The van der Waals surface area contributed by atoms with Crippen molar-refractivity contribution in [3.63, 3.8) is 0 Å². The van der Waals surface area contributed by atoms with E-state index in [0.717, 1.165) is 39.0 Å². The van der Waals surface area contributed by atoms with Crippen LogP contribution in [0.3, 0.4) is 0 Å². The summed E-state index contributed by atoms with van der Waals surface area (Å²) in [6.45, 7) is 4.55. The zero-order chi connectivity index (χ0) is 14.8. The minimum Gasteiger partial charge on any atom is -0.488 e. The van der Waals surface area contributed by atoms with Crippen LogP contribution in [0.15, 0.2) is 48.7 Å². The van der Waals surface area contributed by atoms with E-state index in [1.165, 1.54) is 0 Å². The third kappa shape index (κ3) is 2.68. The lowest BCUT2D eigenvalue weighted by atomic mass is 10.1. The van der Waals surface area contributed by atoms with Gasteiger partial charge in [0.25, 0.3) is 0 Å². The van der Waals surface area contributed by atoms with E-state index in [0.29, 0.717) is 6.61 Å². The summed E-state index contributed by atoms with van der Waals surface area (Å²) in [5, 5.41) is 1.12. The third-order valence-corrected chi connectivity index (χ3v) is 3.70. The minimum atomic E-state index is 0.524. The van der Waals surface area contributed by atoms with Gasteiger partial charge in [-0.25, -0.2) is 0 Å². The molecule has 0 atom stereocenters. The van der Waals surface area contributed by atoms with E-state index in [9.17, 15) is 0 Å². The van der Waals surface area contributed by atoms with Gasteiger partial charge >= 0.3 is 0 Å². The number of pyridine rings is 1. The second-order valence-electron chi connectivity index (χ2n) is 5.24. The van der Waals surface area contributed by atoms with Gasteiger partial charge in [-0.05, 0) is 49.2 Å². The van der Waals surface area contributed by atoms with Crippen molar-refractivity contribution in [3.05, 3.63) is 65.4 Å². The number of ether oxygens (including phenoxy) is 1. The van der Waals surface area contributed by atoms with E-state index >= 15 is 0 Å². The summed E-state index contributed by atoms with van der Waals surface area (Å²) in [4.78, 5) is 4.32. The van der Waals surface area contributed by atoms with Crippen LogP contribution in [0.25, 0.3) is 10.9 Å². The van der Waals surface area contributed by atoms with Crippen molar-refractivity contribution in [3.8, 4) is 5.75 Å². The molecule has 3 aromatic rings. The van der Waals surface area contributed by atoms with Crippen LogP contribution < -0.4 is 10.5 Å². The monoisotopic (exact) mass is 278 g/mol.